The fourth-order valence-corrected chi connectivity index (χ4v) is 7.90. The molecule has 2 saturated carbocycles. The zero-order valence-electron chi connectivity index (χ0n) is 27.3. The molecule has 4 aliphatic rings. The molecule has 4 fully saturated rings. The Kier molecular flexibility index (Phi) is 12.0. The maximum absolute atomic E-state index is 12.5. The highest BCUT2D eigenvalue weighted by Gasteiger charge is 2.37. The van der Waals surface area contributed by atoms with E-state index in [0.29, 0.717) is 24.9 Å². The molecule has 4 atom stereocenters. The zero-order chi connectivity index (χ0) is 32.5. The number of ketones is 1. The molecule has 0 aromatic heterocycles. The van der Waals surface area contributed by atoms with Gasteiger partial charge in [0.2, 0.25) is 0 Å². The molecule has 46 heavy (non-hydrogen) atoms. The van der Waals surface area contributed by atoms with Crippen LogP contribution in [0.2, 0.25) is 0 Å². The molecule has 1 N–H and O–H groups in total. The Balaban J connectivity index is 0.000000181. The standard InChI is InChI=1S/C19H26N2O2.C18H24N2O3/c1-15(22)17-9-5-6-10-18(17)20-11-13-21(14-12-20)19(23)16-7-3-2-4-8-16;21-17(14-6-2-1-3-7-14)20-12-10-19(11-13-20)16-9-5-4-8-15(16)18(22)23/h2-4,7-8,17-18H,5-6,9-14H2,1H3;1-3,6-7,15-16H,4-5,8-13H2,(H,22,23)/t17?,18-;15?,16-/m11/s1. The van der Waals surface area contributed by atoms with Crippen LogP contribution in [0.4, 0.5) is 0 Å². The molecule has 248 valence electrons. The molecule has 2 saturated heterocycles. The number of benzene rings is 2. The Hall–Kier alpha value is -3.56. The van der Waals surface area contributed by atoms with Gasteiger partial charge in [-0.3, -0.25) is 29.0 Å². The Morgan fingerprint density at radius 2 is 0.913 bits per heavy atom. The third-order valence-electron chi connectivity index (χ3n) is 10.5. The summed E-state index contributed by atoms with van der Waals surface area (Å²) in [7, 11) is 0. The first kappa shape index (κ1) is 33.8. The van der Waals surface area contributed by atoms with Crippen LogP contribution in [-0.2, 0) is 9.59 Å². The van der Waals surface area contributed by atoms with Gasteiger partial charge in [0.25, 0.3) is 11.8 Å². The molecule has 9 nitrogen and oxygen atoms in total. The smallest absolute Gasteiger partial charge is 0.308 e. The van der Waals surface area contributed by atoms with Gasteiger partial charge < -0.3 is 14.9 Å². The van der Waals surface area contributed by atoms with E-state index in [1.54, 1.807) is 6.92 Å². The van der Waals surface area contributed by atoms with Crippen LogP contribution in [0.15, 0.2) is 60.7 Å². The highest BCUT2D eigenvalue weighted by Crippen LogP contribution is 2.31. The highest BCUT2D eigenvalue weighted by atomic mass is 16.4. The number of hydrogen-bond donors (Lipinski definition) is 1. The number of carbonyl (C=O) groups is 4. The third-order valence-corrected chi connectivity index (χ3v) is 10.5. The van der Waals surface area contributed by atoms with E-state index in [4.69, 9.17) is 0 Å². The summed E-state index contributed by atoms with van der Waals surface area (Å²) in [6.45, 7) is 7.91. The number of Topliss-reactive ketones (excluding diaryl/α,β-unsaturated/α-hetero) is 1. The number of amides is 2. The number of piperazine rings is 2. The molecule has 9 heteroatoms. The van der Waals surface area contributed by atoms with Crippen LogP contribution in [0.1, 0.15) is 79.0 Å². The summed E-state index contributed by atoms with van der Waals surface area (Å²) < 4.78 is 0. The molecule has 0 bridgehead atoms. The summed E-state index contributed by atoms with van der Waals surface area (Å²) in [6.07, 6.45) is 8.41. The second-order valence-corrected chi connectivity index (χ2v) is 13.3. The first-order valence-corrected chi connectivity index (χ1v) is 17.2. The average Bonchev–Trinajstić information content (AvgIpc) is 3.12. The Bertz CT molecular complexity index is 1200. The van der Waals surface area contributed by atoms with Crippen LogP contribution in [0, 0.1) is 11.8 Å². The lowest BCUT2D eigenvalue weighted by molar-refractivity contribution is -0.146. The second-order valence-electron chi connectivity index (χ2n) is 13.3. The molecule has 2 heterocycles. The van der Waals surface area contributed by atoms with Crippen molar-refractivity contribution < 1.29 is 24.3 Å². The lowest BCUT2D eigenvalue weighted by Crippen LogP contribution is -2.55. The SMILES string of the molecule is CC(=O)C1CCCC[C@H]1N1CCN(C(=O)c2ccccc2)CC1.O=C(O)C1CCCC[C@H]1N1CCN(C(=O)c2ccccc2)CC1. The predicted octanol–water partition coefficient (Wildman–Crippen LogP) is 4.68. The molecular formula is C37H50N4O5. The van der Waals surface area contributed by atoms with E-state index in [0.717, 1.165) is 88.9 Å². The van der Waals surface area contributed by atoms with Gasteiger partial charge >= 0.3 is 5.97 Å². The quantitative estimate of drug-likeness (QED) is 0.495. The van der Waals surface area contributed by atoms with Crippen molar-refractivity contribution in [3.63, 3.8) is 0 Å². The summed E-state index contributed by atoms with van der Waals surface area (Å²) in [5.74, 6) is -0.198. The van der Waals surface area contributed by atoms with Crippen LogP contribution in [0.25, 0.3) is 0 Å². The van der Waals surface area contributed by atoms with Crippen LogP contribution < -0.4 is 0 Å². The number of rotatable bonds is 6. The van der Waals surface area contributed by atoms with Gasteiger partial charge in [-0.1, -0.05) is 62.1 Å². The Morgan fingerprint density at radius 3 is 1.30 bits per heavy atom. The van der Waals surface area contributed by atoms with E-state index in [1.165, 1.54) is 12.8 Å². The lowest BCUT2D eigenvalue weighted by Gasteiger charge is -2.43. The van der Waals surface area contributed by atoms with Crippen molar-refractivity contribution in [3.8, 4) is 0 Å². The van der Waals surface area contributed by atoms with E-state index < -0.39 is 5.97 Å². The largest absolute Gasteiger partial charge is 0.481 e. The summed E-state index contributed by atoms with van der Waals surface area (Å²) in [5.41, 5.74) is 1.49. The van der Waals surface area contributed by atoms with Crippen LogP contribution in [-0.4, -0.2) is 113 Å². The monoisotopic (exact) mass is 630 g/mol. The van der Waals surface area contributed by atoms with Gasteiger partial charge in [0.05, 0.1) is 5.92 Å². The molecule has 0 spiro atoms. The number of aliphatic carboxylic acids is 1. The van der Waals surface area contributed by atoms with Crippen molar-refractivity contribution in [2.24, 2.45) is 11.8 Å². The first-order chi connectivity index (χ1) is 22.3. The number of carbonyl (C=O) groups excluding carboxylic acids is 3. The van der Waals surface area contributed by atoms with Gasteiger partial charge in [-0.25, -0.2) is 0 Å². The van der Waals surface area contributed by atoms with Crippen molar-refractivity contribution >= 4 is 23.6 Å². The molecular weight excluding hydrogens is 580 g/mol. The van der Waals surface area contributed by atoms with E-state index in [2.05, 4.69) is 9.80 Å². The van der Waals surface area contributed by atoms with Crippen molar-refractivity contribution in [1.82, 2.24) is 19.6 Å². The van der Waals surface area contributed by atoms with Crippen molar-refractivity contribution in [2.75, 3.05) is 52.4 Å². The van der Waals surface area contributed by atoms with Gasteiger partial charge in [0.15, 0.2) is 0 Å². The maximum atomic E-state index is 12.5. The summed E-state index contributed by atoms with van der Waals surface area (Å²) in [6, 6.07) is 19.4. The molecule has 6 rings (SSSR count). The van der Waals surface area contributed by atoms with Crippen molar-refractivity contribution in [1.29, 1.82) is 0 Å². The minimum Gasteiger partial charge on any atom is -0.481 e. The topological polar surface area (TPSA) is 101 Å². The predicted molar refractivity (Wildman–Crippen MR) is 178 cm³/mol. The minimum absolute atomic E-state index is 0.0729. The second kappa shape index (κ2) is 16.3. The van der Waals surface area contributed by atoms with E-state index in [1.807, 2.05) is 70.5 Å². The fraction of sp³-hybridized carbons (Fsp3) is 0.568. The molecule has 0 radical (unpaired) electrons. The fourth-order valence-electron chi connectivity index (χ4n) is 7.90. The van der Waals surface area contributed by atoms with E-state index in [9.17, 15) is 24.3 Å². The average molecular weight is 631 g/mol. The molecule has 2 amide bonds. The van der Waals surface area contributed by atoms with Crippen LogP contribution in [0.3, 0.4) is 0 Å². The van der Waals surface area contributed by atoms with Gasteiger partial charge in [0, 0.05) is 81.5 Å². The molecule has 2 aliphatic carbocycles. The third kappa shape index (κ3) is 8.42. The van der Waals surface area contributed by atoms with E-state index in [-0.39, 0.29) is 29.7 Å². The zero-order valence-corrected chi connectivity index (χ0v) is 27.3. The summed E-state index contributed by atoms with van der Waals surface area (Å²) in [4.78, 5) is 56.9. The molecule has 2 aromatic rings. The molecule has 2 aromatic carbocycles. The number of nitrogens with zero attached hydrogens (tertiary/aromatic N) is 4. The van der Waals surface area contributed by atoms with Gasteiger partial charge in [-0.2, -0.15) is 0 Å². The van der Waals surface area contributed by atoms with Gasteiger partial charge in [-0.05, 0) is 56.9 Å². The molecule has 2 aliphatic heterocycles. The van der Waals surface area contributed by atoms with Gasteiger partial charge in [0.1, 0.15) is 5.78 Å². The Labute approximate surface area is 273 Å². The summed E-state index contributed by atoms with van der Waals surface area (Å²) in [5, 5.41) is 9.44. The van der Waals surface area contributed by atoms with Gasteiger partial charge in [-0.15, -0.1) is 0 Å². The lowest BCUT2D eigenvalue weighted by atomic mass is 9.81. The maximum Gasteiger partial charge on any atom is 0.308 e. The highest BCUT2D eigenvalue weighted by molar-refractivity contribution is 5.94. The Morgan fingerprint density at radius 1 is 0.543 bits per heavy atom. The normalized spacial score (nSPS) is 26.0. The minimum atomic E-state index is -0.669. The van der Waals surface area contributed by atoms with Crippen molar-refractivity contribution in [2.45, 2.75) is 70.4 Å². The van der Waals surface area contributed by atoms with E-state index >= 15 is 0 Å². The van der Waals surface area contributed by atoms with Crippen LogP contribution in [0.5, 0.6) is 0 Å². The van der Waals surface area contributed by atoms with Crippen LogP contribution >= 0.6 is 0 Å². The first-order valence-electron chi connectivity index (χ1n) is 17.2. The number of hydrogen-bond acceptors (Lipinski definition) is 6. The number of carboxylic acid groups (broad SMARTS) is 1. The number of carboxylic acids is 1. The summed E-state index contributed by atoms with van der Waals surface area (Å²) >= 11 is 0. The molecule has 2 unspecified atom stereocenters. The van der Waals surface area contributed by atoms with Crippen molar-refractivity contribution in [3.05, 3.63) is 71.8 Å².